The molecular formula is C22H28N2O3. The molecule has 5 nitrogen and oxygen atoms in total. The Morgan fingerprint density at radius 3 is 2.26 bits per heavy atom. The van der Waals surface area contributed by atoms with Crippen molar-refractivity contribution in [2.75, 3.05) is 6.61 Å². The van der Waals surface area contributed by atoms with E-state index in [0.29, 0.717) is 17.2 Å². The molecule has 2 aromatic carbocycles. The molecule has 0 bridgehead atoms. The van der Waals surface area contributed by atoms with Crippen molar-refractivity contribution in [1.82, 2.24) is 10.4 Å². The fourth-order valence-electron chi connectivity index (χ4n) is 2.69. The lowest BCUT2D eigenvalue weighted by atomic mass is 9.98. The van der Waals surface area contributed by atoms with Crippen LogP contribution >= 0.6 is 0 Å². The van der Waals surface area contributed by atoms with E-state index in [1.54, 1.807) is 24.3 Å². The van der Waals surface area contributed by atoms with Crippen LogP contribution in [0.25, 0.3) is 0 Å². The first-order valence-electron chi connectivity index (χ1n) is 9.33. The summed E-state index contributed by atoms with van der Waals surface area (Å²) in [6.45, 7) is 7.80. The Labute approximate surface area is 161 Å². The molecule has 27 heavy (non-hydrogen) atoms. The summed E-state index contributed by atoms with van der Waals surface area (Å²) < 4.78 is 5.80. The first-order valence-corrected chi connectivity index (χ1v) is 9.33. The van der Waals surface area contributed by atoms with Crippen molar-refractivity contribution in [3.05, 3.63) is 65.7 Å². The predicted octanol–water partition coefficient (Wildman–Crippen LogP) is 4.16. The van der Waals surface area contributed by atoms with Crippen LogP contribution in [-0.4, -0.2) is 29.5 Å². The molecule has 2 rings (SSSR count). The Hall–Kier alpha value is -2.82. The lowest BCUT2D eigenvalue weighted by molar-refractivity contribution is -0.137. The fraction of sp³-hybridized carbons (Fsp3) is 0.364. The fourth-order valence-corrected chi connectivity index (χ4v) is 2.69. The van der Waals surface area contributed by atoms with Crippen molar-refractivity contribution in [3.8, 4) is 5.75 Å². The monoisotopic (exact) mass is 368 g/mol. The molecule has 2 amide bonds. The Balaban J connectivity index is 2.05. The number of benzene rings is 2. The van der Waals surface area contributed by atoms with Crippen LogP contribution in [0.1, 0.15) is 56.0 Å². The summed E-state index contributed by atoms with van der Waals surface area (Å²) in [5.41, 5.74) is 4.26. The maximum atomic E-state index is 12.7. The third kappa shape index (κ3) is 5.58. The molecular weight excluding hydrogens is 340 g/mol. The van der Waals surface area contributed by atoms with E-state index >= 15 is 0 Å². The van der Waals surface area contributed by atoms with E-state index in [0.717, 1.165) is 12.0 Å². The number of hydrogen-bond donors (Lipinski definition) is 1. The summed E-state index contributed by atoms with van der Waals surface area (Å²) >= 11 is 0. The van der Waals surface area contributed by atoms with Crippen molar-refractivity contribution in [3.63, 3.8) is 0 Å². The van der Waals surface area contributed by atoms with Crippen LogP contribution in [0.3, 0.4) is 0 Å². The van der Waals surface area contributed by atoms with E-state index in [2.05, 4.69) is 19.3 Å². The number of ether oxygens (including phenoxy) is 1. The molecule has 0 radical (unpaired) electrons. The summed E-state index contributed by atoms with van der Waals surface area (Å²) in [6.07, 6.45) is 0.986. The van der Waals surface area contributed by atoms with Gasteiger partial charge in [0.25, 0.3) is 11.8 Å². The van der Waals surface area contributed by atoms with E-state index in [1.165, 1.54) is 5.01 Å². The number of rotatable bonds is 7. The van der Waals surface area contributed by atoms with Crippen LogP contribution in [-0.2, 0) is 4.79 Å². The van der Waals surface area contributed by atoms with E-state index in [-0.39, 0.29) is 24.5 Å². The Bertz CT molecular complexity index is 759. The van der Waals surface area contributed by atoms with Gasteiger partial charge in [-0.25, -0.2) is 5.01 Å². The second kappa shape index (κ2) is 9.76. The van der Waals surface area contributed by atoms with Gasteiger partial charge in [0.2, 0.25) is 0 Å². The number of nitrogens with zero attached hydrogens (tertiary/aromatic N) is 1. The third-order valence-electron chi connectivity index (χ3n) is 4.46. The lowest BCUT2D eigenvalue weighted by Gasteiger charge is -2.27. The average Bonchev–Trinajstić information content (AvgIpc) is 2.70. The Morgan fingerprint density at radius 2 is 1.63 bits per heavy atom. The number of nitrogens with one attached hydrogen (secondary N) is 1. The number of carbonyl (C=O) groups excluding carboxylic acids is 2. The van der Waals surface area contributed by atoms with E-state index in [9.17, 15) is 9.59 Å². The van der Waals surface area contributed by atoms with Gasteiger partial charge in [0.05, 0.1) is 0 Å². The summed E-state index contributed by atoms with van der Waals surface area (Å²) in [5.74, 6) is 0.430. The minimum absolute atomic E-state index is 0.138. The topological polar surface area (TPSA) is 58.6 Å². The summed E-state index contributed by atoms with van der Waals surface area (Å²) in [6, 6.07) is 16.4. The van der Waals surface area contributed by atoms with Gasteiger partial charge in [-0.3, -0.25) is 15.0 Å². The molecule has 0 aromatic heterocycles. The molecule has 0 aliphatic carbocycles. The maximum absolute atomic E-state index is 12.7. The molecule has 1 atom stereocenters. The van der Waals surface area contributed by atoms with Gasteiger partial charge in [0.1, 0.15) is 5.75 Å². The molecule has 0 spiro atoms. The standard InChI is InChI=1S/C22H28N2O3/c1-5-17(4)19-13-9-10-14-20(19)27-15-21(25)24(16(2)3)23-22(26)18-11-7-6-8-12-18/h6-14,16-17H,5,15H2,1-4H3,(H,23,26). The van der Waals surface area contributed by atoms with Gasteiger partial charge < -0.3 is 4.74 Å². The Morgan fingerprint density at radius 1 is 1.00 bits per heavy atom. The van der Waals surface area contributed by atoms with E-state index in [1.807, 2.05) is 44.2 Å². The summed E-state index contributed by atoms with van der Waals surface area (Å²) in [5, 5.41) is 1.32. The van der Waals surface area contributed by atoms with Crippen LogP contribution in [0, 0.1) is 0 Å². The zero-order valence-corrected chi connectivity index (χ0v) is 16.4. The van der Waals surface area contributed by atoms with Gasteiger partial charge in [-0.05, 0) is 49.9 Å². The quantitative estimate of drug-likeness (QED) is 0.747. The van der Waals surface area contributed by atoms with Crippen molar-refractivity contribution in [2.45, 2.75) is 46.1 Å². The van der Waals surface area contributed by atoms with Gasteiger partial charge in [0, 0.05) is 11.6 Å². The second-order valence-corrected chi connectivity index (χ2v) is 6.80. The molecule has 0 fully saturated rings. The van der Waals surface area contributed by atoms with Gasteiger partial charge in [-0.1, -0.05) is 50.2 Å². The molecule has 0 heterocycles. The average molecular weight is 368 g/mol. The molecule has 0 saturated heterocycles. The molecule has 0 aliphatic heterocycles. The highest BCUT2D eigenvalue weighted by molar-refractivity contribution is 5.95. The highest BCUT2D eigenvalue weighted by Gasteiger charge is 2.21. The number of para-hydroxylation sites is 1. The Kier molecular flexibility index (Phi) is 7.41. The first-order chi connectivity index (χ1) is 12.9. The highest BCUT2D eigenvalue weighted by atomic mass is 16.5. The van der Waals surface area contributed by atoms with Gasteiger partial charge >= 0.3 is 0 Å². The number of carbonyl (C=O) groups is 2. The highest BCUT2D eigenvalue weighted by Crippen LogP contribution is 2.28. The van der Waals surface area contributed by atoms with Crippen LogP contribution < -0.4 is 10.2 Å². The minimum Gasteiger partial charge on any atom is -0.483 e. The molecule has 1 N–H and O–H groups in total. The maximum Gasteiger partial charge on any atom is 0.279 e. The van der Waals surface area contributed by atoms with Crippen molar-refractivity contribution < 1.29 is 14.3 Å². The smallest absolute Gasteiger partial charge is 0.279 e. The summed E-state index contributed by atoms with van der Waals surface area (Å²) in [7, 11) is 0. The van der Waals surface area contributed by atoms with Gasteiger partial charge in [-0.2, -0.15) is 0 Å². The van der Waals surface area contributed by atoms with Crippen molar-refractivity contribution in [2.24, 2.45) is 0 Å². The zero-order valence-electron chi connectivity index (χ0n) is 16.4. The van der Waals surface area contributed by atoms with Crippen LogP contribution in [0.15, 0.2) is 54.6 Å². The van der Waals surface area contributed by atoms with Gasteiger partial charge in [-0.15, -0.1) is 0 Å². The zero-order chi connectivity index (χ0) is 19.8. The molecule has 2 aromatic rings. The normalized spacial score (nSPS) is 11.7. The number of hydrogen-bond acceptors (Lipinski definition) is 3. The van der Waals surface area contributed by atoms with E-state index < -0.39 is 0 Å². The minimum atomic E-state index is -0.322. The molecule has 0 saturated carbocycles. The predicted molar refractivity (Wildman–Crippen MR) is 107 cm³/mol. The van der Waals surface area contributed by atoms with Crippen LogP contribution in [0.5, 0.6) is 5.75 Å². The molecule has 1 unspecified atom stereocenters. The molecule has 144 valence electrons. The first kappa shape index (κ1) is 20.5. The number of amides is 2. The largest absolute Gasteiger partial charge is 0.483 e. The summed E-state index contributed by atoms with van der Waals surface area (Å²) in [4.78, 5) is 25.0. The number of hydrazine groups is 1. The van der Waals surface area contributed by atoms with E-state index in [4.69, 9.17) is 4.74 Å². The van der Waals surface area contributed by atoms with Crippen LogP contribution in [0.2, 0.25) is 0 Å². The van der Waals surface area contributed by atoms with Gasteiger partial charge in [0.15, 0.2) is 6.61 Å². The molecule has 5 heteroatoms. The third-order valence-corrected chi connectivity index (χ3v) is 4.46. The molecule has 0 aliphatic rings. The van der Waals surface area contributed by atoms with Crippen molar-refractivity contribution >= 4 is 11.8 Å². The SMILES string of the molecule is CCC(C)c1ccccc1OCC(=O)N(NC(=O)c1ccccc1)C(C)C. The second-order valence-electron chi connectivity index (χ2n) is 6.80. The van der Waals surface area contributed by atoms with Crippen LogP contribution in [0.4, 0.5) is 0 Å². The lowest BCUT2D eigenvalue weighted by Crippen LogP contribution is -2.51. The van der Waals surface area contributed by atoms with Crippen molar-refractivity contribution in [1.29, 1.82) is 0 Å².